The molecule has 0 radical (unpaired) electrons. The van der Waals surface area contributed by atoms with Crippen LogP contribution in [0.3, 0.4) is 0 Å². The number of ether oxygens (including phenoxy) is 1. The average molecular weight is 595 g/mol. The van der Waals surface area contributed by atoms with E-state index in [0.29, 0.717) is 27.4 Å². The minimum absolute atomic E-state index is 0.530. The van der Waals surface area contributed by atoms with Gasteiger partial charge in [0.05, 0.1) is 0 Å². The molecule has 1 heterocycles. The van der Waals surface area contributed by atoms with E-state index in [2.05, 4.69) is 0 Å². The van der Waals surface area contributed by atoms with Crippen LogP contribution in [0.4, 0.5) is 0 Å². The van der Waals surface area contributed by atoms with Gasteiger partial charge in [0.15, 0.2) is 0 Å². The number of hydrogen-bond acceptors (Lipinski definition) is 5. The Hall–Kier alpha value is -4.06. The zero-order valence-electron chi connectivity index (χ0n) is 22.5. The fraction of sp³-hybridized carbons (Fsp3) is 0.0286. The SMILES string of the molecule is [O-][Cl+3]([O-])([O-])OP(c1ccccc1)(c1ccccc1)(c1ccccc1)C1C=C(c2ccccc2)OC(c2ccccc2)=C1. The molecule has 0 spiro atoms. The number of allylic oxidation sites excluding steroid dienone is 2. The van der Waals surface area contributed by atoms with Crippen LogP contribution in [0.5, 0.6) is 0 Å². The van der Waals surface area contributed by atoms with Crippen LogP contribution in [0.1, 0.15) is 11.1 Å². The van der Waals surface area contributed by atoms with E-state index in [1.807, 2.05) is 164 Å². The van der Waals surface area contributed by atoms with Gasteiger partial charge < -0.3 is 0 Å². The maximum absolute atomic E-state index is 13.1. The Labute approximate surface area is 247 Å². The molecule has 5 aromatic rings. The van der Waals surface area contributed by atoms with Crippen molar-refractivity contribution >= 4 is 34.3 Å². The van der Waals surface area contributed by atoms with Gasteiger partial charge in [-0.25, -0.2) is 0 Å². The van der Waals surface area contributed by atoms with E-state index < -0.39 is 22.7 Å². The molecule has 5 aromatic carbocycles. The third-order valence-corrected chi connectivity index (χ3v) is 14.8. The Morgan fingerprint density at radius 1 is 0.476 bits per heavy atom. The predicted octanol–water partition coefficient (Wildman–Crippen LogP) is 3.83. The van der Waals surface area contributed by atoms with Crippen LogP contribution in [0, 0.1) is 10.2 Å². The monoisotopic (exact) mass is 594 g/mol. The van der Waals surface area contributed by atoms with Crippen molar-refractivity contribution in [2.24, 2.45) is 0 Å². The summed E-state index contributed by atoms with van der Waals surface area (Å²) in [4.78, 5) is 0. The molecule has 0 saturated carbocycles. The third-order valence-electron chi connectivity index (χ3n) is 7.58. The molecule has 0 aromatic heterocycles. The van der Waals surface area contributed by atoms with Crippen LogP contribution in [0.15, 0.2) is 164 Å². The van der Waals surface area contributed by atoms with Gasteiger partial charge in [0, 0.05) is 0 Å². The van der Waals surface area contributed by atoms with Gasteiger partial charge in [0.25, 0.3) is 0 Å². The fourth-order valence-electron chi connectivity index (χ4n) is 5.82. The molecule has 0 atom stereocenters. The van der Waals surface area contributed by atoms with Gasteiger partial charge in [-0.15, -0.1) is 0 Å². The van der Waals surface area contributed by atoms with Crippen molar-refractivity contribution in [2.75, 3.05) is 0 Å². The first-order chi connectivity index (χ1) is 20.4. The first kappa shape index (κ1) is 28.1. The van der Waals surface area contributed by atoms with Crippen molar-refractivity contribution in [2.45, 2.75) is 5.66 Å². The second-order valence-corrected chi connectivity index (χ2v) is 15.6. The first-order valence-corrected chi connectivity index (χ1v) is 16.9. The summed E-state index contributed by atoms with van der Waals surface area (Å²) in [6, 6.07) is 46.9. The maximum atomic E-state index is 13.1. The zero-order chi connectivity index (χ0) is 29.1. The Bertz CT molecular complexity index is 1550. The van der Waals surface area contributed by atoms with Crippen LogP contribution in [-0.2, 0) is 8.81 Å². The van der Waals surface area contributed by atoms with Crippen LogP contribution >= 0.6 is 6.83 Å². The normalized spacial score (nSPS) is 15.1. The van der Waals surface area contributed by atoms with Crippen LogP contribution in [-0.4, -0.2) is 5.66 Å². The predicted molar refractivity (Wildman–Crippen MR) is 160 cm³/mol. The molecule has 6 rings (SSSR count). The van der Waals surface area contributed by atoms with Gasteiger partial charge in [-0.05, 0) is 0 Å². The molecule has 1 aliphatic heterocycles. The third kappa shape index (κ3) is 4.87. The molecule has 1 aliphatic rings. The van der Waals surface area contributed by atoms with E-state index in [9.17, 15) is 14.0 Å². The number of hydrogen-bond donors (Lipinski definition) is 0. The summed E-state index contributed by atoms with van der Waals surface area (Å²) in [5.41, 5.74) is 0.841. The van der Waals surface area contributed by atoms with Gasteiger partial charge in [0.1, 0.15) is 0 Å². The van der Waals surface area contributed by atoms with E-state index in [1.54, 1.807) is 0 Å². The van der Waals surface area contributed by atoms with Crippen molar-refractivity contribution < 1.29 is 33.0 Å². The molecule has 0 fully saturated rings. The Kier molecular flexibility index (Phi) is 7.56. The van der Waals surface area contributed by atoms with Crippen LogP contribution in [0.25, 0.3) is 11.5 Å². The van der Waals surface area contributed by atoms with Gasteiger partial charge in [0.2, 0.25) is 0 Å². The van der Waals surface area contributed by atoms with Gasteiger partial charge >= 0.3 is 248 Å². The molecule has 0 aliphatic carbocycles. The molecule has 210 valence electrons. The second-order valence-electron chi connectivity index (χ2n) is 9.94. The summed E-state index contributed by atoms with van der Waals surface area (Å²) in [5, 5.41) is 1.77. The van der Waals surface area contributed by atoms with Crippen molar-refractivity contribution in [3.05, 3.63) is 175 Å². The Morgan fingerprint density at radius 3 is 1.10 bits per heavy atom. The molecule has 7 heteroatoms. The van der Waals surface area contributed by atoms with Crippen LogP contribution in [0.2, 0.25) is 0 Å². The summed E-state index contributed by atoms with van der Waals surface area (Å²) < 4.78 is 52.0. The molecular formula is C35H28ClO5P. The molecule has 0 saturated heterocycles. The fourth-order valence-corrected chi connectivity index (χ4v) is 13.6. The molecule has 0 amide bonds. The quantitative estimate of drug-likeness (QED) is 0.255. The summed E-state index contributed by atoms with van der Waals surface area (Å²) in [7, 11) is -4.94. The molecule has 42 heavy (non-hydrogen) atoms. The standard InChI is InChI=1S/C35H28ClO5P/c37-36(38,39)41-42(30-20-10-3-11-21-30,31-22-12-4-13-23-31,32-24-14-5-15-25-32)33-26-34(28-16-6-1-7-17-28)40-35(27-33)29-18-8-2-9-19-29/h1-27,33H. The summed E-state index contributed by atoms with van der Waals surface area (Å²) in [6.45, 7) is -4.75. The Morgan fingerprint density at radius 2 is 0.786 bits per heavy atom. The first-order valence-electron chi connectivity index (χ1n) is 13.4. The van der Waals surface area contributed by atoms with Gasteiger partial charge in [-0.2, -0.15) is 0 Å². The van der Waals surface area contributed by atoms with Crippen LogP contribution < -0.4 is 29.9 Å². The van der Waals surface area contributed by atoms with E-state index in [-0.39, 0.29) is 0 Å². The van der Waals surface area contributed by atoms with E-state index in [1.165, 1.54) is 0 Å². The molecule has 0 unspecified atom stereocenters. The summed E-state index contributed by atoms with van der Waals surface area (Å²) >= 11 is 0. The van der Waals surface area contributed by atoms with Crippen molar-refractivity contribution in [3.63, 3.8) is 0 Å². The number of rotatable bonds is 8. The second kappa shape index (κ2) is 11.3. The topological polar surface area (TPSA) is 87.6 Å². The molecule has 0 bridgehead atoms. The molecule has 5 nitrogen and oxygen atoms in total. The van der Waals surface area contributed by atoms with Crippen molar-refractivity contribution in [3.8, 4) is 0 Å². The molecule has 0 N–H and O–H groups in total. The van der Waals surface area contributed by atoms with E-state index in [0.717, 1.165) is 11.1 Å². The van der Waals surface area contributed by atoms with Gasteiger partial charge in [-0.3, -0.25) is 0 Å². The van der Waals surface area contributed by atoms with Gasteiger partial charge in [-0.1, -0.05) is 0 Å². The summed E-state index contributed by atoms with van der Waals surface area (Å²) in [5.74, 6) is 1.06. The average Bonchev–Trinajstić information content (AvgIpc) is 3.05. The Balaban J connectivity index is 1.81. The molecular weight excluding hydrogens is 567 g/mol. The van der Waals surface area contributed by atoms with Crippen molar-refractivity contribution in [1.82, 2.24) is 0 Å². The van der Waals surface area contributed by atoms with E-state index in [4.69, 9.17) is 8.81 Å². The number of halogens is 1. The number of benzene rings is 5. The zero-order valence-corrected chi connectivity index (χ0v) is 24.2. The van der Waals surface area contributed by atoms with Crippen molar-refractivity contribution in [1.29, 1.82) is 0 Å². The van der Waals surface area contributed by atoms with E-state index >= 15 is 0 Å². The minimum atomic E-state index is -4.94. The summed E-state index contributed by atoms with van der Waals surface area (Å²) in [6.07, 6.45) is 3.79.